The molecule has 156 valence electrons. The number of hydrogen-bond acceptors (Lipinski definition) is 5. The Morgan fingerprint density at radius 1 is 1.38 bits per heavy atom. The van der Waals surface area contributed by atoms with Crippen LogP contribution in [0, 0.1) is 5.82 Å². The third-order valence-corrected chi connectivity index (χ3v) is 4.83. The highest BCUT2D eigenvalue weighted by molar-refractivity contribution is 5.80. The molecule has 2 heterocycles. The van der Waals surface area contributed by atoms with Gasteiger partial charge in [0, 0.05) is 31.9 Å². The van der Waals surface area contributed by atoms with Gasteiger partial charge in [0.05, 0.1) is 19.8 Å². The molecule has 1 fully saturated rings. The van der Waals surface area contributed by atoms with Crippen LogP contribution in [-0.2, 0) is 0 Å². The molecule has 1 aromatic heterocycles. The number of aliphatic hydroxyl groups excluding tert-OH is 1. The summed E-state index contributed by atoms with van der Waals surface area (Å²) in [6.07, 6.45) is 1.74. The predicted octanol–water partition coefficient (Wildman–Crippen LogP) is 2.10. The van der Waals surface area contributed by atoms with Crippen LogP contribution >= 0.6 is 0 Å². The first-order valence-electron chi connectivity index (χ1n) is 9.83. The van der Waals surface area contributed by atoms with Crippen LogP contribution in [-0.4, -0.2) is 55.4 Å². The summed E-state index contributed by atoms with van der Waals surface area (Å²) < 4.78 is 19.1. The first kappa shape index (κ1) is 20.9. The molecule has 0 radical (unpaired) electrons. The molecule has 0 spiro atoms. The number of hydrogen-bond donors (Lipinski definition) is 3. The molecule has 1 aliphatic rings. The molecule has 8 heteroatoms. The molecule has 2 unspecified atom stereocenters. The number of ether oxygens (including phenoxy) is 1. The first-order chi connectivity index (χ1) is 14.1. The van der Waals surface area contributed by atoms with Crippen LogP contribution in [0.2, 0.25) is 0 Å². The van der Waals surface area contributed by atoms with Gasteiger partial charge in [0.1, 0.15) is 5.75 Å². The Bertz CT molecular complexity index is 815. The highest BCUT2D eigenvalue weighted by atomic mass is 19.1. The van der Waals surface area contributed by atoms with E-state index in [1.54, 1.807) is 19.4 Å². The molecule has 1 aliphatic heterocycles. The maximum Gasteiger partial charge on any atom is 0.191 e. The second-order valence-electron chi connectivity index (χ2n) is 6.89. The molecule has 0 saturated carbocycles. The Morgan fingerprint density at radius 3 is 2.86 bits per heavy atom. The lowest BCUT2D eigenvalue weighted by Gasteiger charge is -2.20. The highest BCUT2D eigenvalue weighted by Crippen LogP contribution is 2.21. The normalized spacial score (nSPS) is 17.9. The third-order valence-electron chi connectivity index (χ3n) is 4.83. The van der Waals surface area contributed by atoms with E-state index in [2.05, 4.69) is 20.6 Å². The minimum Gasteiger partial charge on any atom is -0.497 e. The van der Waals surface area contributed by atoms with E-state index < -0.39 is 6.10 Å². The Balaban J connectivity index is 1.58. The van der Waals surface area contributed by atoms with E-state index in [1.165, 1.54) is 6.07 Å². The van der Waals surface area contributed by atoms with Gasteiger partial charge in [-0.25, -0.2) is 9.37 Å². The second-order valence-corrected chi connectivity index (χ2v) is 6.89. The van der Waals surface area contributed by atoms with Gasteiger partial charge in [-0.3, -0.25) is 4.99 Å². The third kappa shape index (κ3) is 5.57. The SMILES string of the molecule is CCNC(=NCC(O)c1ccc(OC)cc1)NC1CCN(c2ncccc2F)C1. The van der Waals surface area contributed by atoms with Crippen molar-refractivity contribution >= 4 is 11.8 Å². The number of aromatic nitrogens is 1. The Kier molecular flexibility index (Phi) is 7.24. The largest absolute Gasteiger partial charge is 0.497 e. The molecule has 2 atom stereocenters. The van der Waals surface area contributed by atoms with Crippen LogP contribution in [0.3, 0.4) is 0 Å². The van der Waals surface area contributed by atoms with Crippen LogP contribution in [0.25, 0.3) is 0 Å². The van der Waals surface area contributed by atoms with Crippen molar-refractivity contribution in [1.82, 2.24) is 15.6 Å². The molecule has 0 bridgehead atoms. The number of halogens is 1. The topological polar surface area (TPSA) is 82.0 Å². The maximum atomic E-state index is 14.0. The van der Waals surface area contributed by atoms with Crippen molar-refractivity contribution in [1.29, 1.82) is 0 Å². The van der Waals surface area contributed by atoms with Crippen molar-refractivity contribution < 1.29 is 14.2 Å². The summed E-state index contributed by atoms with van der Waals surface area (Å²) in [5.74, 6) is 1.45. The van der Waals surface area contributed by atoms with Crippen LogP contribution < -0.4 is 20.3 Å². The number of methoxy groups -OCH3 is 1. The number of aliphatic hydroxyl groups is 1. The van der Waals surface area contributed by atoms with Crippen molar-refractivity contribution in [2.75, 3.05) is 38.2 Å². The van der Waals surface area contributed by atoms with Gasteiger partial charge < -0.3 is 25.4 Å². The number of aliphatic imine (C=N–C) groups is 1. The summed E-state index contributed by atoms with van der Waals surface area (Å²) in [5.41, 5.74) is 0.781. The molecular weight excluding hydrogens is 373 g/mol. The molecule has 2 aromatic rings. The van der Waals surface area contributed by atoms with Crippen LogP contribution in [0.1, 0.15) is 25.0 Å². The average molecular weight is 401 g/mol. The van der Waals surface area contributed by atoms with Crippen molar-refractivity contribution in [3.8, 4) is 5.75 Å². The zero-order valence-electron chi connectivity index (χ0n) is 16.8. The lowest BCUT2D eigenvalue weighted by atomic mass is 10.1. The minimum absolute atomic E-state index is 0.118. The fourth-order valence-electron chi connectivity index (χ4n) is 3.30. The Labute approximate surface area is 170 Å². The second kappa shape index (κ2) is 10.1. The van der Waals surface area contributed by atoms with Gasteiger partial charge in [-0.15, -0.1) is 0 Å². The quantitative estimate of drug-likeness (QED) is 0.487. The number of nitrogens with zero attached hydrogens (tertiary/aromatic N) is 3. The van der Waals surface area contributed by atoms with Crippen molar-refractivity contribution in [2.24, 2.45) is 4.99 Å². The number of anilines is 1. The average Bonchev–Trinajstić information content (AvgIpc) is 3.20. The lowest BCUT2D eigenvalue weighted by molar-refractivity contribution is 0.187. The van der Waals surface area contributed by atoms with E-state index in [9.17, 15) is 9.50 Å². The summed E-state index contributed by atoms with van der Waals surface area (Å²) in [4.78, 5) is 10.6. The number of nitrogens with one attached hydrogen (secondary N) is 2. The Hall–Kier alpha value is -2.87. The zero-order chi connectivity index (χ0) is 20.6. The van der Waals surface area contributed by atoms with Gasteiger partial charge >= 0.3 is 0 Å². The van der Waals surface area contributed by atoms with Crippen molar-refractivity contribution in [2.45, 2.75) is 25.5 Å². The monoisotopic (exact) mass is 401 g/mol. The number of rotatable bonds is 7. The van der Waals surface area contributed by atoms with Crippen LogP contribution in [0.5, 0.6) is 5.75 Å². The summed E-state index contributed by atoms with van der Waals surface area (Å²) >= 11 is 0. The molecule has 0 amide bonds. The maximum absolute atomic E-state index is 14.0. The van der Waals surface area contributed by atoms with Gasteiger partial charge in [-0.05, 0) is 43.2 Å². The number of pyridine rings is 1. The molecule has 1 saturated heterocycles. The van der Waals surface area contributed by atoms with E-state index in [-0.39, 0.29) is 18.4 Å². The summed E-state index contributed by atoms with van der Waals surface area (Å²) in [5, 5.41) is 17.0. The van der Waals surface area contributed by atoms with E-state index >= 15 is 0 Å². The molecular formula is C21H28FN5O2. The fourth-order valence-corrected chi connectivity index (χ4v) is 3.30. The molecule has 3 rings (SSSR count). The van der Waals surface area contributed by atoms with Crippen LogP contribution in [0.4, 0.5) is 10.2 Å². The van der Waals surface area contributed by atoms with Gasteiger partial charge in [0.15, 0.2) is 17.6 Å². The standard InChI is InChI=1S/C21H28FN5O2/c1-3-23-21(25-13-19(28)15-6-8-17(29-2)9-7-15)26-16-10-12-27(14-16)20-18(22)5-4-11-24-20/h4-9,11,16,19,28H,3,10,12-14H2,1-2H3,(H2,23,25,26). The Morgan fingerprint density at radius 2 is 2.17 bits per heavy atom. The summed E-state index contributed by atoms with van der Waals surface area (Å²) in [6.45, 7) is 4.28. The fraction of sp³-hybridized carbons (Fsp3) is 0.429. The predicted molar refractivity (Wildman–Crippen MR) is 112 cm³/mol. The smallest absolute Gasteiger partial charge is 0.191 e. The van der Waals surface area contributed by atoms with Crippen LogP contribution in [0.15, 0.2) is 47.6 Å². The van der Waals surface area contributed by atoms with E-state index in [1.807, 2.05) is 36.1 Å². The minimum atomic E-state index is -0.709. The van der Waals surface area contributed by atoms with E-state index in [0.717, 1.165) is 24.3 Å². The van der Waals surface area contributed by atoms with Gasteiger partial charge in [-0.2, -0.15) is 0 Å². The highest BCUT2D eigenvalue weighted by Gasteiger charge is 2.26. The van der Waals surface area contributed by atoms with Crippen molar-refractivity contribution in [3.05, 3.63) is 54.0 Å². The molecule has 1 aromatic carbocycles. The zero-order valence-corrected chi connectivity index (χ0v) is 16.8. The van der Waals surface area contributed by atoms with Gasteiger partial charge in [-0.1, -0.05) is 12.1 Å². The summed E-state index contributed by atoms with van der Waals surface area (Å²) in [6, 6.07) is 10.4. The summed E-state index contributed by atoms with van der Waals surface area (Å²) in [7, 11) is 1.61. The number of benzene rings is 1. The van der Waals surface area contributed by atoms with Gasteiger partial charge in [0.25, 0.3) is 0 Å². The molecule has 3 N–H and O–H groups in total. The first-order valence-corrected chi connectivity index (χ1v) is 9.83. The number of guanidine groups is 1. The molecule has 0 aliphatic carbocycles. The molecule has 29 heavy (non-hydrogen) atoms. The van der Waals surface area contributed by atoms with E-state index in [4.69, 9.17) is 4.74 Å². The lowest BCUT2D eigenvalue weighted by Crippen LogP contribution is -2.45. The van der Waals surface area contributed by atoms with E-state index in [0.29, 0.717) is 24.9 Å². The van der Waals surface area contributed by atoms with Crippen molar-refractivity contribution in [3.63, 3.8) is 0 Å². The van der Waals surface area contributed by atoms with Gasteiger partial charge in [0.2, 0.25) is 0 Å². The molecule has 7 nitrogen and oxygen atoms in total.